The lowest BCUT2D eigenvalue weighted by Gasteiger charge is -2.24. The lowest BCUT2D eigenvalue weighted by molar-refractivity contribution is -0.122. The number of fused-ring (bicyclic) bond motifs is 1. The quantitative estimate of drug-likeness (QED) is 0.212. The number of carbonyl (C=O) groups is 3. The molecule has 9 nitrogen and oxygen atoms in total. The average molecular weight is 515 g/mol. The molecule has 2 atom stereocenters. The number of hydrogen-bond donors (Lipinski definition) is 5. The molecule has 0 unspecified atom stereocenters. The number of aromatic hydroxyl groups is 2. The fourth-order valence-electron chi connectivity index (χ4n) is 4.44. The van der Waals surface area contributed by atoms with E-state index in [1.165, 1.54) is 6.92 Å². The van der Waals surface area contributed by atoms with E-state index in [-0.39, 0.29) is 35.0 Å². The molecule has 196 valence electrons. The summed E-state index contributed by atoms with van der Waals surface area (Å²) in [6.45, 7) is 5.04. The number of rotatable bonds is 9. The minimum absolute atomic E-state index is 0.0727. The second-order valence-corrected chi connectivity index (χ2v) is 9.50. The summed E-state index contributed by atoms with van der Waals surface area (Å²) in [6, 6.07) is 16.7. The highest BCUT2D eigenvalue weighted by Gasteiger charge is 2.31. The Hall–Kier alpha value is -4.66. The van der Waals surface area contributed by atoms with Crippen molar-refractivity contribution < 1.29 is 24.6 Å². The standard InChI is InChI=1S/C29H30N4O5/c1-16(2)24(26(35)23-17(3)27(36)33-28(23)37)32-22(34)15-21(19-10-5-4-6-11-19)31-29(38)25-20-12-8-7-9-18(20)13-14-30-25/h4-14,16,21,24,33,36-37H,15H2,1-3H3,(H,31,38)(H,32,34)/t21-,24-/m0/s1. The van der Waals surface area contributed by atoms with Crippen molar-refractivity contribution >= 4 is 28.4 Å². The third-order valence-electron chi connectivity index (χ3n) is 6.50. The summed E-state index contributed by atoms with van der Waals surface area (Å²) in [4.78, 5) is 46.4. The Labute approximate surface area is 219 Å². The van der Waals surface area contributed by atoms with Gasteiger partial charge in [0.05, 0.1) is 24.1 Å². The predicted octanol–water partition coefficient (Wildman–Crippen LogP) is 4.17. The van der Waals surface area contributed by atoms with Crippen molar-refractivity contribution in [1.29, 1.82) is 0 Å². The Morgan fingerprint density at radius 1 is 0.921 bits per heavy atom. The van der Waals surface area contributed by atoms with Crippen LogP contribution in [0.3, 0.4) is 0 Å². The molecule has 0 saturated carbocycles. The molecular weight excluding hydrogens is 484 g/mol. The Balaban J connectivity index is 1.57. The van der Waals surface area contributed by atoms with Gasteiger partial charge in [0.25, 0.3) is 5.91 Å². The molecule has 2 heterocycles. The van der Waals surface area contributed by atoms with E-state index in [2.05, 4.69) is 20.6 Å². The number of aromatic nitrogens is 2. The molecule has 9 heteroatoms. The topological polar surface area (TPSA) is 144 Å². The van der Waals surface area contributed by atoms with Gasteiger partial charge in [-0.25, -0.2) is 0 Å². The van der Waals surface area contributed by atoms with Crippen LogP contribution in [0, 0.1) is 12.8 Å². The Morgan fingerprint density at radius 2 is 1.61 bits per heavy atom. The number of nitrogens with one attached hydrogen (secondary N) is 3. The van der Waals surface area contributed by atoms with Crippen LogP contribution >= 0.6 is 0 Å². The summed E-state index contributed by atoms with van der Waals surface area (Å²) in [5.41, 5.74) is 1.09. The smallest absolute Gasteiger partial charge is 0.271 e. The van der Waals surface area contributed by atoms with Crippen molar-refractivity contribution in [3.63, 3.8) is 0 Å². The Kier molecular flexibility index (Phi) is 7.76. The van der Waals surface area contributed by atoms with E-state index >= 15 is 0 Å². The molecule has 4 rings (SSSR count). The average Bonchev–Trinajstić information content (AvgIpc) is 3.16. The highest BCUT2D eigenvalue weighted by atomic mass is 16.3. The van der Waals surface area contributed by atoms with Gasteiger partial charge in [-0.1, -0.05) is 68.4 Å². The first-order chi connectivity index (χ1) is 18.2. The van der Waals surface area contributed by atoms with Crippen molar-refractivity contribution in [2.24, 2.45) is 5.92 Å². The van der Waals surface area contributed by atoms with E-state index in [0.717, 1.165) is 5.39 Å². The first kappa shape index (κ1) is 26.4. The molecule has 0 aliphatic heterocycles. The molecule has 0 aliphatic rings. The second-order valence-electron chi connectivity index (χ2n) is 9.50. The SMILES string of the molecule is Cc1c(O)[nH]c(O)c1C(=O)[C@@H](NC(=O)C[C@H](NC(=O)c1nccc2ccccc12)c1ccccc1)C(C)C. The molecule has 5 N–H and O–H groups in total. The van der Waals surface area contributed by atoms with E-state index in [1.54, 1.807) is 20.0 Å². The van der Waals surface area contributed by atoms with Crippen molar-refractivity contribution in [3.05, 3.63) is 89.2 Å². The van der Waals surface area contributed by atoms with Gasteiger partial charge in [0, 0.05) is 17.1 Å². The largest absolute Gasteiger partial charge is 0.494 e. The lowest BCUT2D eigenvalue weighted by atomic mass is 9.93. The number of ketones is 1. The molecule has 38 heavy (non-hydrogen) atoms. The number of carbonyl (C=O) groups excluding carboxylic acids is 3. The highest BCUT2D eigenvalue weighted by Crippen LogP contribution is 2.30. The van der Waals surface area contributed by atoms with Gasteiger partial charge in [0.15, 0.2) is 11.7 Å². The normalized spacial score (nSPS) is 12.7. The Morgan fingerprint density at radius 3 is 2.26 bits per heavy atom. The fraction of sp³-hybridized carbons (Fsp3) is 0.241. The summed E-state index contributed by atoms with van der Waals surface area (Å²) in [5.74, 6) is -2.50. The van der Waals surface area contributed by atoms with Gasteiger partial charge < -0.3 is 20.8 Å². The zero-order valence-electron chi connectivity index (χ0n) is 21.4. The maximum atomic E-state index is 13.3. The van der Waals surface area contributed by atoms with Gasteiger partial charge in [-0.3, -0.25) is 24.4 Å². The molecule has 2 aromatic carbocycles. The fourth-order valence-corrected chi connectivity index (χ4v) is 4.44. The summed E-state index contributed by atoms with van der Waals surface area (Å²) >= 11 is 0. The maximum Gasteiger partial charge on any atom is 0.271 e. The van der Waals surface area contributed by atoms with Gasteiger partial charge in [0.2, 0.25) is 11.8 Å². The van der Waals surface area contributed by atoms with Crippen LogP contribution in [0.4, 0.5) is 0 Å². The molecule has 0 aliphatic carbocycles. The van der Waals surface area contributed by atoms with Crippen LogP contribution in [-0.4, -0.2) is 43.8 Å². The summed E-state index contributed by atoms with van der Waals surface area (Å²) in [6.07, 6.45) is 1.43. The van der Waals surface area contributed by atoms with Crippen LogP contribution in [0.2, 0.25) is 0 Å². The van der Waals surface area contributed by atoms with E-state index in [0.29, 0.717) is 10.9 Å². The monoisotopic (exact) mass is 514 g/mol. The zero-order valence-corrected chi connectivity index (χ0v) is 21.4. The van der Waals surface area contributed by atoms with Gasteiger partial charge >= 0.3 is 0 Å². The van der Waals surface area contributed by atoms with Crippen molar-refractivity contribution in [2.45, 2.75) is 39.3 Å². The van der Waals surface area contributed by atoms with Gasteiger partial charge in [-0.05, 0) is 29.9 Å². The number of pyridine rings is 1. The highest BCUT2D eigenvalue weighted by molar-refractivity contribution is 6.06. The van der Waals surface area contributed by atoms with E-state index in [4.69, 9.17) is 0 Å². The molecule has 0 fully saturated rings. The number of Topliss-reactive ketones (excluding diaryl/α,β-unsaturated/α-hetero) is 1. The van der Waals surface area contributed by atoms with Crippen molar-refractivity contribution in [1.82, 2.24) is 20.6 Å². The van der Waals surface area contributed by atoms with Crippen LogP contribution in [-0.2, 0) is 4.79 Å². The van der Waals surface area contributed by atoms with E-state index in [1.807, 2.05) is 60.7 Å². The summed E-state index contributed by atoms with van der Waals surface area (Å²) in [7, 11) is 0. The molecule has 2 amide bonds. The molecular formula is C29H30N4O5. The molecule has 0 bridgehead atoms. The van der Waals surface area contributed by atoms with Gasteiger partial charge in [-0.2, -0.15) is 0 Å². The predicted molar refractivity (Wildman–Crippen MR) is 143 cm³/mol. The van der Waals surface area contributed by atoms with Crippen LogP contribution < -0.4 is 10.6 Å². The molecule has 4 aromatic rings. The maximum absolute atomic E-state index is 13.3. The molecule has 2 aromatic heterocycles. The Bertz CT molecular complexity index is 1470. The third-order valence-corrected chi connectivity index (χ3v) is 6.50. The zero-order chi connectivity index (χ0) is 27.4. The van der Waals surface area contributed by atoms with Gasteiger partial charge in [-0.15, -0.1) is 0 Å². The second kappa shape index (κ2) is 11.2. The van der Waals surface area contributed by atoms with Crippen LogP contribution in [0.15, 0.2) is 66.9 Å². The number of hydrogen-bond acceptors (Lipinski definition) is 6. The molecule has 0 radical (unpaired) electrons. The first-order valence-corrected chi connectivity index (χ1v) is 12.3. The first-order valence-electron chi connectivity index (χ1n) is 12.3. The number of amides is 2. The number of nitrogens with zero attached hydrogens (tertiary/aromatic N) is 1. The van der Waals surface area contributed by atoms with Crippen molar-refractivity contribution in [2.75, 3.05) is 0 Å². The van der Waals surface area contributed by atoms with Gasteiger partial charge in [0.1, 0.15) is 5.69 Å². The third kappa shape index (κ3) is 5.51. The molecule has 0 spiro atoms. The van der Waals surface area contributed by atoms with Crippen molar-refractivity contribution in [3.8, 4) is 11.8 Å². The number of aromatic amines is 1. The van der Waals surface area contributed by atoms with E-state index < -0.39 is 35.6 Å². The van der Waals surface area contributed by atoms with E-state index in [9.17, 15) is 24.6 Å². The van der Waals surface area contributed by atoms with Crippen LogP contribution in [0.5, 0.6) is 11.8 Å². The lowest BCUT2D eigenvalue weighted by Crippen LogP contribution is -2.45. The van der Waals surface area contributed by atoms with Crippen LogP contribution in [0.25, 0.3) is 10.8 Å². The molecule has 0 saturated heterocycles. The van der Waals surface area contributed by atoms with Crippen LogP contribution in [0.1, 0.15) is 58.3 Å². The minimum atomic E-state index is -0.964. The minimum Gasteiger partial charge on any atom is -0.494 e. The summed E-state index contributed by atoms with van der Waals surface area (Å²) < 4.78 is 0. The summed E-state index contributed by atoms with van der Waals surface area (Å²) in [5, 5.41) is 27.2. The number of H-pyrrole nitrogens is 1. The number of benzene rings is 2.